The molecule has 1 N–H and O–H groups in total. The molecule has 0 saturated carbocycles. The Kier molecular flexibility index (Phi) is 4.01. The highest BCUT2D eigenvalue weighted by Crippen LogP contribution is 2.32. The maximum atomic E-state index is 10.0. The second kappa shape index (κ2) is 5.10. The van der Waals surface area contributed by atoms with Crippen molar-refractivity contribution in [3.63, 3.8) is 0 Å². The molecule has 2 heterocycles. The Hall–Kier alpha value is 0.320. The quantitative estimate of drug-likeness (QED) is 0.839. The van der Waals surface area contributed by atoms with Crippen LogP contribution in [0, 0.1) is 0 Å². The molecule has 0 spiro atoms. The Morgan fingerprint density at radius 3 is 2.67 bits per heavy atom. The van der Waals surface area contributed by atoms with Gasteiger partial charge in [-0.25, -0.2) is 0 Å². The molecule has 0 fully saturated rings. The van der Waals surface area contributed by atoms with E-state index < -0.39 is 6.10 Å². The maximum absolute atomic E-state index is 10.0. The molecule has 80 valence electrons. The van der Waals surface area contributed by atoms with E-state index in [0.717, 1.165) is 13.8 Å². The summed E-state index contributed by atoms with van der Waals surface area (Å²) >= 11 is 10.1. The van der Waals surface area contributed by atoms with E-state index in [9.17, 15) is 5.11 Å². The number of aliphatic hydroxyl groups excluding tert-OH is 1. The van der Waals surface area contributed by atoms with Crippen LogP contribution in [0.25, 0.3) is 0 Å². The normalized spacial score (nSPS) is 13.0. The summed E-state index contributed by atoms with van der Waals surface area (Å²) < 4.78 is 2.08. The first-order chi connectivity index (χ1) is 7.16. The van der Waals surface area contributed by atoms with Gasteiger partial charge in [-0.05, 0) is 49.4 Å². The van der Waals surface area contributed by atoms with Crippen LogP contribution in [-0.2, 0) is 6.42 Å². The summed E-state index contributed by atoms with van der Waals surface area (Å²) in [6.45, 7) is 0. The maximum Gasteiger partial charge on any atom is 0.0941 e. The molecule has 0 saturated heterocycles. The Morgan fingerprint density at radius 2 is 2.13 bits per heavy atom. The van der Waals surface area contributed by atoms with Crippen molar-refractivity contribution < 1.29 is 5.11 Å². The summed E-state index contributed by atoms with van der Waals surface area (Å²) in [6, 6.07) is 4.02. The average Bonchev–Trinajstić information content (AvgIpc) is 2.75. The molecule has 0 radical (unpaired) electrons. The van der Waals surface area contributed by atoms with Gasteiger partial charge < -0.3 is 5.11 Å². The molecular weight excluding hydrogens is 360 g/mol. The summed E-state index contributed by atoms with van der Waals surface area (Å²) in [5.74, 6) is 0. The lowest BCUT2D eigenvalue weighted by Crippen LogP contribution is -1.98. The van der Waals surface area contributed by atoms with Crippen LogP contribution in [0.1, 0.15) is 15.9 Å². The molecule has 0 bridgehead atoms. The first-order valence-corrected chi connectivity index (χ1v) is 7.65. The van der Waals surface area contributed by atoms with Gasteiger partial charge in [-0.3, -0.25) is 0 Å². The molecular formula is C10H8Br2OS2. The SMILES string of the molecule is OC(Cc1cc(Br)cs1)c1sccc1Br. The number of rotatable bonds is 3. The van der Waals surface area contributed by atoms with Crippen LogP contribution in [0.5, 0.6) is 0 Å². The fraction of sp³-hybridized carbons (Fsp3) is 0.200. The Balaban J connectivity index is 2.10. The number of hydrogen-bond donors (Lipinski definition) is 1. The van der Waals surface area contributed by atoms with Gasteiger partial charge in [0.2, 0.25) is 0 Å². The van der Waals surface area contributed by atoms with Gasteiger partial charge in [0.15, 0.2) is 0 Å². The van der Waals surface area contributed by atoms with Crippen LogP contribution in [-0.4, -0.2) is 5.11 Å². The van der Waals surface area contributed by atoms with Gasteiger partial charge in [0, 0.05) is 30.5 Å². The zero-order valence-electron chi connectivity index (χ0n) is 7.61. The van der Waals surface area contributed by atoms with Crippen LogP contribution >= 0.6 is 54.5 Å². The van der Waals surface area contributed by atoms with Gasteiger partial charge in [0.05, 0.1) is 6.10 Å². The van der Waals surface area contributed by atoms with Crippen LogP contribution in [0.2, 0.25) is 0 Å². The first kappa shape index (κ1) is 11.8. The molecule has 0 amide bonds. The lowest BCUT2D eigenvalue weighted by Gasteiger charge is -2.07. The third-order valence-electron chi connectivity index (χ3n) is 1.96. The highest BCUT2D eigenvalue weighted by atomic mass is 79.9. The van der Waals surface area contributed by atoms with E-state index in [4.69, 9.17) is 0 Å². The predicted octanol–water partition coefficient (Wildman–Crippen LogP) is 4.61. The molecule has 1 unspecified atom stereocenters. The van der Waals surface area contributed by atoms with Crippen LogP contribution < -0.4 is 0 Å². The van der Waals surface area contributed by atoms with Crippen LogP contribution in [0.4, 0.5) is 0 Å². The molecule has 0 aliphatic heterocycles. The van der Waals surface area contributed by atoms with E-state index in [2.05, 4.69) is 37.9 Å². The van der Waals surface area contributed by atoms with Gasteiger partial charge in [-0.1, -0.05) is 0 Å². The van der Waals surface area contributed by atoms with E-state index in [1.165, 1.54) is 4.88 Å². The van der Waals surface area contributed by atoms with E-state index >= 15 is 0 Å². The second-order valence-electron chi connectivity index (χ2n) is 3.08. The third kappa shape index (κ3) is 2.91. The molecule has 1 atom stereocenters. The number of halogens is 2. The van der Waals surface area contributed by atoms with Crippen molar-refractivity contribution in [2.75, 3.05) is 0 Å². The molecule has 0 aromatic carbocycles. The topological polar surface area (TPSA) is 20.2 Å². The van der Waals surface area contributed by atoms with E-state index in [1.54, 1.807) is 22.7 Å². The van der Waals surface area contributed by atoms with Crippen LogP contribution in [0.15, 0.2) is 31.8 Å². The monoisotopic (exact) mass is 366 g/mol. The minimum atomic E-state index is -0.412. The summed E-state index contributed by atoms with van der Waals surface area (Å²) in [5, 5.41) is 14.0. The molecule has 1 nitrogen and oxygen atoms in total. The first-order valence-electron chi connectivity index (χ1n) is 4.30. The lowest BCUT2D eigenvalue weighted by atomic mass is 10.2. The fourth-order valence-electron chi connectivity index (χ4n) is 1.29. The molecule has 2 aromatic heterocycles. The highest BCUT2D eigenvalue weighted by Gasteiger charge is 2.14. The van der Waals surface area contributed by atoms with Crippen LogP contribution in [0.3, 0.4) is 0 Å². The van der Waals surface area contributed by atoms with Crippen molar-refractivity contribution in [2.45, 2.75) is 12.5 Å². The molecule has 15 heavy (non-hydrogen) atoms. The number of aliphatic hydroxyl groups is 1. The van der Waals surface area contributed by atoms with Gasteiger partial charge in [0.25, 0.3) is 0 Å². The average molecular weight is 368 g/mol. The fourth-order valence-corrected chi connectivity index (χ4v) is 4.40. The summed E-state index contributed by atoms with van der Waals surface area (Å²) in [5.41, 5.74) is 0. The van der Waals surface area contributed by atoms with E-state index in [-0.39, 0.29) is 0 Å². The van der Waals surface area contributed by atoms with Gasteiger partial charge in [-0.2, -0.15) is 0 Å². The summed E-state index contributed by atoms with van der Waals surface area (Å²) in [7, 11) is 0. The molecule has 2 aromatic rings. The van der Waals surface area contributed by atoms with E-state index in [1.807, 2.05) is 16.8 Å². The molecule has 2 rings (SSSR count). The molecule has 0 aliphatic rings. The standard InChI is InChI=1S/C10H8Br2OS2/c11-6-3-7(15-5-6)4-9(13)10-8(12)1-2-14-10/h1-3,5,9,13H,4H2. The number of hydrogen-bond acceptors (Lipinski definition) is 3. The van der Waals surface area contributed by atoms with Crippen molar-refractivity contribution >= 4 is 54.5 Å². The van der Waals surface area contributed by atoms with Crippen molar-refractivity contribution in [1.82, 2.24) is 0 Å². The Morgan fingerprint density at radius 1 is 1.33 bits per heavy atom. The van der Waals surface area contributed by atoms with Gasteiger partial charge in [-0.15, -0.1) is 22.7 Å². The Labute approximate surface area is 113 Å². The molecule has 5 heteroatoms. The van der Waals surface area contributed by atoms with Crippen molar-refractivity contribution in [2.24, 2.45) is 0 Å². The zero-order valence-corrected chi connectivity index (χ0v) is 12.4. The minimum Gasteiger partial charge on any atom is -0.387 e. The van der Waals surface area contributed by atoms with Crippen molar-refractivity contribution in [3.8, 4) is 0 Å². The zero-order chi connectivity index (χ0) is 10.8. The molecule has 0 aliphatic carbocycles. The largest absolute Gasteiger partial charge is 0.387 e. The summed E-state index contributed by atoms with van der Waals surface area (Å²) in [4.78, 5) is 2.19. The third-order valence-corrected chi connectivity index (χ3v) is 5.66. The van der Waals surface area contributed by atoms with Crippen molar-refractivity contribution in [3.05, 3.63) is 41.6 Å². The van der Waals surface area contributed by atoms with E-state index in [0.29, 0.717) is 6.42 Å². The minimum absolute atomic E-state index is 0.412. The van der Waals surface area contributed by atoms with Gasteiger partial charge >= 0.3 is 0 Å². The summed E-state index contributed by atoms with van der Waals surface area (Å²) in [6.07, 6.45) is 0.264. The second-order valence-corrected chi connectivity index (χ2v) is 6.80. The lowest BCUT2D eigenvalue weighted by molar-refractivity contribution is 0.182. The van der Waals surface area contributed by atoms with Gasteiger partial charge in [0.1, 0.15) is 0 Å². The number of thiophene rings is 2. The Bertz CT molecular complexity index is 450. The van der Waals surface area contributed by atoms with Crippen molar-refractivity contribution in [1.29, 1.82) is 0 Å². The highest BCUT2D eigenvalue weighted by molar-refractivity contribution is 9.10. The predicted molar refractivity (Wildman–Crippen MR) is 72.7 cm³/mol. The smallest absolute Gasteiger partial charge is 0.0941 e.